The van der Waals surface area contributed by atoms with Gasteiger partial charge < -0.3 is 37.8 Å². The largest absolute Gasteiger partial charge is 0.417 e. The molecule has 42 heavy (non-hydrogen) atoms. The Labute approximate surface area is 244 Å². The number of aliphatic hydroxyl groups excluding tert-OH is 1. The van der Waals surface area contributed by atoms with Crippen LogP contribution >= 0.6 is 15.9 Å². The molecule has 0 radical (unpaired) electrons. The molecule has 2 aromatic carbocycles. The van der Waals surface area contributed by atoms with Gasteiger partial charge in [0, 0.05) is 36.3 Å². The van der Waals surface area contributed by atoms with E-state index in [0.29, 0.717) is 18.2 Å². The van der Waals surface area contributed by atoms with Crippen LogP contribution in [-0.4, -0.2) is 66.0 Å². The van der Waals surface area contributed by atoms with Gasteiger partial charge in [-0.3, -0.25) is 14.4 Å². The molecule has 0 spiro atoms. The standard InChI is InChI=1S/C25H29BrF6N6O4/c26-17-6-5-15(11-16(17)25(30,31)32)36-23(42)20(21(40)13-1-3-14(4-2-13)24(27,28)29)37-22(41)18(35)12-19(39)38(9-7-33)10-8-34/h1-6,11,18,20-21,40H,7-10,12,33-35H2,(H,36,42)(H,37,41)/t18?,20?,21-/m1/s1. The predicted molar refractivity (Wildman–Crippen MR) is 143 cm³/mol. The van der Waals surface area contributed by atoms with Crippen molar-refractivity contribution in [2.75, 3.05) is 31.5 Å². The number of rotatable bonds is 12. The number of alkyl halides is 6. The summed E-state index contributed by atoms with van der Waals surface area (Å²) in [5.41, 5.74) is 14.0. The minimum Gasteiger partial charge on any atom is -0.386 e. The summed E-state index contributed by atoms with van der Waals surface area (Å²) in [6.45, 7) is 0.436. The first-order valence-electron chi connectivity index (χ1n) is 12.3. The molecule has 10 nitrogen and oxygen atoms in total. The second-order valence-corrected chi connectivity index (χ2v) is 9.86. The number of nitrogens with two attached hydrogens (primary N) is 3. The first-order chi connectivity index (χ1) is 19.5. The van der Waals surface area contributed by atoms with Crippen molar-refractivity contribution in [1.29, 1.82) is 0 Å². The van der Waals surface area contributed by atoms with E-state index in [1.165, 1.54) is 4.90 Å². The van der Waals surface area contributed by atoms with Gasteiger partial charge in [-0.05, 0) is 35.9 Å². The van der Waals surface area contributed by atoms with Crippen LogP contribution in [0.1, 0.15) is 29.2 Å². The fraction of sp³-hybridized carbons (Fsp3) is 0.400. The van der Waals surface area contributed by atoms with E-state index in [1.54, 1.807) is 0 Å². The number of nitrogens with zero attached hydrogens (tertiary/aromatic N) is 1. The van der Waals surface area contributed by atoms with Crippen molar-refractivity contribution in [2.45, 2.75) is 37.0 Å². The van der Waals surface area contributed by atoms with Gasteiger partial charge in [0.2, 0.25) is 17.7 Å². The number of anilines is 1. The number of amides is 3. The molecule has 9 N–H and O–H groups in total. The van der Waals surface area contributed by atoms with E-state index in [9.17, 15) is 45.8 Å². The third kappa shape index (κ3) is 9.65. The topological polar surface area (TPSA) is 177 Å². The summed E-state index contributed by atoms with van der Waals surface area (Å²) in [4.78, 5) is 39.9. The number of carbonyl (C=O) groups excluding carboxylic acids is 3. The maximum Gasteiger partial charge on any atom is 0.417 e. The maximum atomic E-state index is 13.3. The first kappa shape index (κ1) is 34.9. The molecule has 0 heterocycles. The van der Waals surface area contributed by atoms with Crippen LogP contribution < -0.4 is 27.8 Å². The van der Waals surface area contributed by atoms with Gasteiger partial charge in [0.1, 0.15) is 12.1 Å². The molecule has 17 heteroatoms. The van der Waals surface area contributed by atoms with E-state index in [-0.39, 0.29) is 41.9 Å². The highest BCUT2D eigenvalue weighted by Crippen LogP contribution is 2.36. The van der Waals surface area contributed by atoms with E-state index in [0.717, 1.165) is 24.3 Å². The Kier molecular flexibility index (Phi) is 12.3. The zero-order chi connectivity index (χ0) is 31.8. The Bertz CT molecular complexity index is 1240. The molecule has 0 bridgehead atoms. The van der Waals surface area contributed by atoms with Crippen molar-refractivity contribution in [3.05, 3.63) is 63.6 Å². The third-order valence-electron chi connectivity index (χ3n) is 5.90. The SMILES string of the molecule is NCCN(CCN)C(=O)CC(N)C(=O)NC(C(=O)Nc1ccc(Br)c(C(F)(F)F)c1)[C@H](O)c1ccc(C(F)(F)F)cc1. The average molecular weight is 671 g/mol. The number of halogens is 7. The molecule has 0 aliphatic rings. The van der Waals surface area contributed by atoms with E-state index in [2.05, 4.69) is 26.6 Å². The fourth-order valence-electron chi connectivity index (χ4n) is 3.73. The summed E-state index contributed by atoms with van der Waals surface area (Å²) in [5, 5.41) is 15.2. The van der Waals surface area contributed by atoms with Crippen LogP contribution in [0, 0.1) is 0 Å². The Hall–Kier alpha value is -3.25. The van der Waals surface area contributed by atoms with Crippen LogP contribution in [0.5, 0.6) is 0 Å². The van der Waals surface area contributed by atoms with Crippen molar-refractivity contribution in [1.82, 2.24) is 10.2 Å². The van der Waals surface area contributed by atoms with Gasteiger partial charge in [0.15, 0.2) is 0 Å². The summed E-state index contributed by atoms with van der Waals surface area (Å²) < 4.78 is 78.6. The number of hydrogen-bond donors (Lipinski definition) is 6. The monoisotopic (exact) mass is 670 g/mol. The van der Waals surface area contributed by atoms with Gasteiger partial charge in [-0.2, -0.15) is 26.3 Å². The highest BCUT2D eigenvalue weighted by molar-refractivity contribution is 9.10. The predicted octanol–water partition coefficient (Wildman–Crippen LogP) is 2.11. The third-order valence-corrected chi connectivity index (χ3v) is 6.59. The molecule has 3 atom stereocenters. The number of nitrogens with one attached hydrogen (secondary N) is 2. The van der Waals surface area contributed by atoms with E-state index in [1.807, 2.05) is 0 Å². The van der Waals surface area contributed by atoms with Gasteiger partial charge >= 0.3 is 12.4 Å². The van der Waals surface area contributed by atoms with Crippen LogP contribution in [-0.2, 0) is 26.7 Å². The van der Waals surface area contributed by atoms with Crippen LogP contribution in [0.15, 0.2) is 46.9 Å². The van der Waals surface area contributed by atoms with Crippen LogP contribution in [0.25, 0.3) is 0 Å². The van der Waals surface area contributed by atoms with Crippen molar-refractivity contribution in [3.8, 4) is 0 Å². The lowest BCUT2D eigenvalue weighted by atomic mass is 9.99. The molecule has 0 saturated carbocycles. The molecule has 2 aromatic rings. The van der Waals surface area contributed by atoms with E-state index >= 15 is 0 Å². The minimum atomic E-state index is -4.80. The molecule has 3 amide bonds. The van der Waals surface area contributed by atoms with Crippen molar-refractivity contribution in [2.24, 2.45) is 17.2 Å². The summed E-state index contributed by atoms with van der Waals surface area (Å²) >= 11 is 2.76. The lowest BCUT2D eigenvalue weighted by Gasteiger charge is -2.26. The lowest BCUT2D eigenvalue weighted by Crippen LogP contribution is -2.53. The zero-order valence-corrected chi connectivity index (χ0v) is 23.4. The Morgan fingerprint density at radius 1 is 0.905 bits per heavy atom. The summed E-state index contributed by atoms with van der Waals surface area (Å²) in [7, 11) is 0. The van der Waals surface area contributed by atoms with E-state index in [4.69, 9.17) is 17.2 Å². The summed E-state index contributed by atoms with van der Waals surface area (Å²) in [5.74, 6) is -2.92. The molecule has 232 valence electrons. The van der Waals surface area contributed by atoms with Crippen molar-refractivity contribution < 1.29 is 45.8 Å². The molecule has 0 aliphatic carbocycles. The number of carbonyl (C=O) groups is 3. The van der Waals surface area contributed by atoms with Crippen molar-refractivity contribution in [3.63, 3.8) is 0 Å². The number of benzene rings is 2. The molecule has 0 aliphatic heterocycles. The molecule has 2 rings (SSSR count). The van der Waals surface area contributed by atoms with Crippen LogP contribution in [0.3, 0.4) is 0 Å². The average Bonchev–Trinajstić information content (AvgIpc) is 2.90. The second kappa shape index (κ2) is 14.8. The number of hydrogen-bond acceptors (Lipinski definition) is 7. The molecule has 0 fully saturated rings. The highest BCUT2D eigenvalue weighted by atomic mass is 79.9. The smallest absolute Gasteiger partial charge is 0.386 e. The normalized spacial score (nSPS) is 14.1. The number of aliphatic hydroxyl groups is 1. The van der Waals surface area contributed by atoms with Crippen molar-refractivity contribution >= 4 is 39.3 Å². The van der Waals surface area contributed by atoms with Gasteiger partial charge in [-0.25, -0.2) is 0 Å². The quantitative estimate of drug-likeness (QED) is 0.187. The Morgan fingerprint density at radius 3 is 1.98 bits per heavy atom. The minimum absolute atomic E-state index is 0.0981. The van der Waals surface area contributed by atoms with Gasteiger partial charge in [0.25, 0.3) is 0 Å². The van der Waals surface area contributed by atoms with Crippen LogP contribution in [0.4, 0.5) is 32.0 Å². The first-order valence-corrected chi connectivity index (χ1v) is 13.1. The van der Waals surface area contributed by atoms with Gasteiger partial charge in [-0.1, -0.05) is 28.1 Å². The molecule has 2 unspecified atom stereocenters. The van der Waals surface area contributed by atoms with E-state index < -0.39 is 65.8 Å². The summed E-state index contributed by atoms with van der Waals surface area (Å²) in [6.07, 6.45) is -12.0. The zero-order valence-electron chi connectivity index (χ0n) is 21.8. The second-order valence-electron chi connectivity index (χ2n) is 9.00. The van der Waals surface area contributed by atoms with Crippen LogP contribution in [0.2, 0.25) is 0 Å². The summed E-state index contributed by atoms with van der Waals surface area (Å²) in [6, 6.07) is 2.18. The Balaban J connectivity index is 2.35. The highest BCUT2D eigenvalue weighted by Gasteiger charge is 2.36. The molecule has 0 saturated heterocycles. The maximum absolute atomic E-state index is 13.3. The van der Waals surface area contributed by atoms with Gasteiger partial charge in [-0.15, -0.1) is 0 Å². The Morgan fingerprint density at radius 2 is 1.48 bits per heavy atom. The lowest BCUT2D eigenvalue weighted by molar-refractivity contribution is -0.138. The molecular formula is C25H29BrF6N6O4. The molecular weight excluding hydrogens is 642 g/mol. The fourth-order valence-corrected chi connectivity index (χ4v) is 4.20. The molecule has 0 aromatic heterocycles. The van der Waals surface area contributed by atoms with Gasteiger partial charge in [0.05, 0.1) is 23.6 Å².